The lowest BCUT2D eigenvalue weighted by molar-refractivity contribution is 0.330. The minimum Gasteiger partial charge on any atom is -0.271 e. The third kappa shape index (κ3) is 4.74. The van der Waals surface area contributed by atoms with Gasteiger partial charge in [0.15, 0.2) is 0 Å². The fourth-order valence-corrected chi connectivity index (χ4v) is 2.07. The minimum absolute atomic E-state index is 0.147. The Bertz CT molecular complexity index is 374. The summed E-state index contributed by atoms with van der Waals surface area (Å²) in [6.07, 6.45) is 1.79. The van der Waals surface area contributed by atoms with Gasteiger partial charge >= 0.3 is 0 Å². The minimum atomic E-state index is -0.218. The van der Waals surface area contributed by atoms with Gasteiger partial charge in [-0.1, -0.05) is 36.7 Å². The molecule has 1 atom stereocenters. The topological polar surface area (TPSA) is 38.0 Å². The lowest BCUT2D eigenvalue weighted by Crippen LogP contribution is -2.29. The maximum absolute atomic E-state index is 13.7. The molecule has 0 bridgehead atoms. The average molecular weight is 303 g/mol. The van der Waals surface area contributed by atoms with E-state index in [0.29, 0.717) is 5.56 Å². The van der Waals surface area contributed by atoms with Gasteiger partial charge in [0.05, 0.1) is 0 Å². The highest BCUT2D eigenvalue weighted by molar-refractivity contribution is 9.10. The molecular weight excluding hydrogens is 283 g/mol. The van der Waals surface area contributed by atoms with Crippen LogP contribution in [0, 0.1) is 11.2 Å². The van der Waals surface area contributed by atoms with Crippen molar-refractivity contribution in [2.24, 2.45) is 11.3 Å². The number of nitrogens with two attached hydrogens (primary N) is 1. The molecule has 0 aliphatic carbocycles. The highest BCUT2D eigenvalue weighted by Crippen LogP contribution is 2.29. The second-order valence-corrected chi connectivity index (χ2v) is 6.40. The molecule has 3 N–H and O–H groups in total. The molecule has 0 heterocycles. The van der Waals surface area contributed by atoms with E-state index in [4.69, 9.17) is 5.84 Å². The summed E-state index contributed by atoms with van der Waals surface area (Å²) in [6.45, 7) is 6.49. The summed E-state index contributed by atoms with van der Waals surface area (Å²) in [6, 6.07) is 4.78. The SMILES string of the molecule is CC(C)(C)CCC(NN)c1cc(Br)ccc1F. The van der Waals surface area contributed by atoms with Crippen LogP contribution in [-0.2, 0) is 0 Å². The fourth-order valence-electron chi connectivity index (χ4n) is 1.69. The summed E-state index contributed by atoms with van der Waals surface area (Å²) in [4.78, 5) is 0. The van der Waals surface area contributed by atoms with Crippen molar-refractivity contribution in [1.82, 2.24) is 5.43 Å². The van der Waals surface area contributed by atoms with Gasteiger partial charge in [-0.2, -0.15) is 0 Å². The molecule has 0 aromatic heterocycles. The van der Waals surface area contributed by atoms with Gasteiger partial charge in [0, 0.05) is 16.1 Å². The molecule has 4 heteroatoms. The van der Waals surface area contributed by atoms with E-state index in [1.165, 1.54) is 6.07 Å². The summed E-state index contributed by atoms with van der Waals surface area (Å²) in [5, 5.41) is 0. The van der Waals surface area contributed by atoms with E-state index in [2.05, 4.69) is 42.1 Å². The van der Waals surface area contributed by atoms with Gasteiger partial charge in [-0.3, -0.25) is 11.3 Å². The van der Waals surface area contributed by atoms with Crippen LogP contribution in [-0.4, -0.2) is 0 Å². The Morgan fingerprint density at radius 1 is 1.41 bits per heavy atom. The fraction of sp³-hybridized carbons (Fsp3) is 0.538. The Kier molecular flexibility index (Phi) is 5.10. The molecule has 0 fully saturated rings. The standard InChI is InChI=1S/C13H20BrFN2/c1-13(2,3)7-6-12(17-16)10-8-9(14)4-5-11(10)15/h4-5,8,12,17H,6-7,16H2,1-3H3. The highest BCUT2D eigenvalue weighted by atomic mass is 79.9. The first-order valence-electron chi connectivity index (χ1n) is 5.74. The Labute approximate surface area is 111 Å². The first-order chi connectivity index (χ1) is 7.83. The predicted molar refractivity (Wildman–Crippen MR) is 72.9 cm³/mol. The van der Waals surface area contributed by atoms with Crippen LogP contribution in [0.2, 0.25) is 0 Å². The van der Waals surface area contributed by atoms with Crippen molar-refractivity contribution in [3.63, 3.8) is 0 Å². The Morgan fingerprint density at radius 3 is 2.59 bits per heavy atom. The van der Waals surface area contributed by atoms with Crippen LogP contribution in [0.4, 0.5) is 4.39 Å². The number of hydrogen-bond donors (Lipinski definition) is 2. The van der Waals surface area contributed by atoms with Gasteiger partial charge in [0.1, 0.15) is 5.82 Å². The van der Waals surface area contributed by atoms with Crippen LogP contribution in [0.15, 0.2) is 22.7 Å². The average Bonchev–Trinajstić information content (AvgIpc) is 2.22. The van der Waals surface area contributed by atoms with E-state index in [1.54, 1.807) is 12.1 Å². The third-order valence-electron chi connectivity index (χ3n) is 2.72. The van der Waals surface area contributed by atoms with Crippen LogP contribution in [0.5, 0.6) is 0 Å². The number of halogens is 2. The normalized spacial score (nSPS) is 13.8. The summed E-state index contributed by atoms with van der Waals surface area (Å²) in [7, 11) is 0. The van der Waals surface area contributed by atoms with Crippen LogP contribution < -0.4 is 11.3 Å². The second-order valence-electron chi connectivity index (χ2n) is 5.48. The van der Waals surface area contributed by atoms with Crippen molar-refractivity contribution < 1.29 is 4.39 Å². The van der Waals surface area contributed by atoms with Gasteiger partial charge in [0.25, 0.3) is 0 Å². The number of nitrogens with one attached hydrogen (secondary N) is 1. The molecule has 17 heavy (non-hydrogen) atoms. The molecule has 0 amide bonds. The monoisotopic (exact) mass is 302 g/mol. The number of rotatable bonds is 4. The molecule has 0 aliphatic heterocycles. The highest BCUT2D eigenvalue weighted by Gasteiger charge is 2.18. The molecule has 0 radical (unpaired) electrons. The molecule has 1 aromatic rings. The van der Waals surface area contributed by atoms with E-state index in [1.807, 2.05) is 0 Å². The second kappa shape index (κ2) is 5.94. The molecular formula is C13H20BrFN2. The van der Waals surface area contributed by atoms with Crippen molar-refractivity contribution in [1.29, 1.82) is 0 Å². The van der Waals surface area contributed by atoms with Crippen molar-refractivity contribution in [2.45, 2.75) is 39.7 Å². The first kappa shape index (κ1) is 14.6. The third-order valence-corrected chi connectivity index (χ3v) is 3.21. The molecule has 0 aliphatic rings. The maximum atomic E-state index is 13.7. The number of benzene rings is 1. The Hall–Kier alpha value is -0.450. The molecule has 0 spiro atoms. The largest absolute Gasteiger partial charge is 0.271 e. The zero-order valence-electron chi connectivity index (χ0n) is 10.6. The first-order valence-corrected chi connectivity index (χ1v) is 6.54. The molecule has 0 saturated carbocycles. The Balaban J connectivity index is 2.82. The van der Waals surface area contributed by atoms with Gasteiger partial charge in [-0.15, -0.1) is 0 Å². The summed E-state index contributed by atoms with van der Waals surface area (Å²) >= 11 is 3.35. The van der Waals surface area contributed by atoms with Crippen LogP contribution in [0.1, 0.15) is 45.2 Å². The van der Waals surface area contributed by atoms with Gasteiger partial charge < -0.3 is 0 Å². The number of hydrazine groups is 1. The van der Waals surface area contributed by atoms with E-state index < -0.39 is 0 Å². The summed E-state index contributed by atoms with van der Waals surface area (Å²) < 4.78 is 14.6. The van der Waals surface area contributed by atoms with Crippen LogP contribution in [0.3, 0.4) is 0 Å². The van der Waals surface area contributed by atoms with Crippen molar-refractivity contribution in [3.8, 4) is 0 Å². The van der Waals surface area contributed by atoms with Gasteiger partial charge in [0.2, 0.25) is 0 Å². The van der Waals surface area contributed by atoms with E-state index in [0.717, 1.165) is 17.3 Å². The van der Waals surface area contributed by atoms with Crippen molar-refractivity contribution in [2.75, 3.05) is 0 Å². The zero-order chi connectivity index (χ0) is 13.1. The molecule has 2 nitrogen and oxygen atoms in total. The Morgan fingerprint density at radius 2 is 2.06 bits per heavy atom. The molecule has 0 saturated heterocycles. The van der Waals surface area contributed by atoms with E-state index in [9.17, 15) is 4.39 Å². The quantitative estimate of drug-likeness (QED) is 0.653. The number of hydrogen-bond acceptors (Lipinski definition) is 2. The molecule has 1 rings (SSSR count). The van der Waals surface area contributed by atoms with Gasteiger partial charge in [-0.05, 0) is 36.5 Å². The maximum Gasteiger partial charge on any atom is 0.128 e. The van der Waals surface area contributed by atoms with E-state index in [-0.39, 0.29) is 17.3 Å². The molecule has 96 valence electrons. The summed E-state index contributed by atoms with van der Waals surface area (Å²) in [5.41, 5.74) is 3.53. The zero-order valence-corrected chi connectivity index (χ0v) is 12.1. The molecule has 1 unspecified atom stereocenters. The van der Waals surface area contributed by atoms with E-state index >= 15 is 0 Å². The predicted octanol–water partition coefficient (Wildman–Crippen LogP) is 3.92. The summed E-state index contributed by atoms with van der Waals surface area (Å²) in [5.74, 6) is 5.30. The van der Waals surface area contributed by atoms with Crippen molar-refractivity contribution in [3.05, 3.63) is 34.1 Å². The van der Waals surface area contributed by atoms with Crippen LogP contribution in [0.25, 0.3) is 0 Å². The van der Waals surface area contributed by atoms with Gasteiger partial charge in [-0.25, -0.2) is 4.39 Å². The lowest BCUT2D eigenvalue weighted by atomic mass is 9.87. The van der Waals surface area contributed by atoms with Crippen molar-refractivity contribution >= 4 is 15.9 Å². The molecule has 1 aromatic carbocycles. The van der Waals surface area contributed by atoms with Crippen LogP contribution >= 0.6 is 15.9 Å². The smallest absolute Gasteiger partial charge is 0.128 e. The lowest BCUT2D eigenvalue weighted by Gasteiger charge is -2.23.